The molecule has 2 aromatic heterocycles. The van der Waals surface area contributed by atoms with Crippen molar-refractivity contribution in [2.45, 2.75) is 51.5 Å². The number of ether oxygens (including phenoxy) is 1. The molecule has 0 atom stereocenters. The second kappa shape index (κ2) is 10.8. The first-order chi connectivity index (χ1) is 16.7. The van der Waals surface area contributed by atoms with Crippen LogP contribution in [0.1, 0.15) is 35.6 Å². The fraction of sp³-hybridized carbons (Fsp3) is 0.346. The van der Waals surface area contributed by atoms with E-state index in [0.29, 0.717) is 30.3 Å². The van der Waals surface area contributed by atoms with E-state index in [-0.39, 0.29) is 4.90 Å². The van der Waals surface area contributed by atoms with Crippen molar-refractivity contribution < 1.29 is 13.2 Å². The Morgan fingerprint density at radius 3 is 2.57 bits per heavy atom. The summed E-state index contributed by atoms with van der Waals surface area (Å²) in [6.07, 6.45) is 4.21. The molecule has 0 radical (unpaired) electrons. The van der Waals surface area contributed by atoms with Gasteiger partial charge in [-0.05, 0) is 88.1 Å². The lowest BCUT2D eigenvalue weighted by Gasteiger charge is -2.11. The van der Waals surface area contributed by atoms with Crippen LogP contribution >= 0.6 is 11.6 Å². The molecule has 0 unspecified atom stereocenters. The van der Waals surface area contributed by atoms with Crippen LogP contribution < -0.4 is 9.46 Å². The summed E-state index contributed by atoms with van der Waals surface area (Å²) in [6.45, 7) is 7.81. The zero-order valence-electron chi connectivity index (χ0n) is 20.3. The van der Waals surface area contributed by atoms with Crippen LogP contribution in [0.2, 0.25) is 5.02 Å². The lowest BCUT2D eigenvalue weighted by Crippen LogP contribution is -2.25. The van der Waals surface area contributed by atoms with Crippen molar-refractivity contribution in [1.82, 2.24) is 19.3 Å². The second-order valence-electron chi connectivity index (χ2n) is 8.66. The third-order valence-corrected chi connectivity index (χ3v) is 7.93. The van der Waals surface area contributed by atoms with Crippen molar-refractivity contribution in [1.29, 1.82) is 0 Å². The number of hydrogen-bond acceptors (Lipinski definition) is 4. The van der Waals surface area contributed by atoms with Gasteiger partial charge in [0.2, 0.25) is 10.0 Å². The van der Waals surface area contributed by atoms with Crippen molar-refractivity contribution in [2.24, 2.45) is 0 Å². The molecule has 2 aromatic carbocycles. The monoisotopic (exact) mass is 514 g/mol. The van der Waals surface area contributed by atoms with E-state index in [1.54, 1.807) is 24.3 Å². The number of fused-ring (bicyclic) bond motifs is 1. The summed E-state index contributed by atoms with van der Waals surface area (Å²) in [5, 5.41) is 1.76. The van der Waals surface area contributed by atoms with Gasteiger partial charge in [0.15, 0.2) is 0 Å². The first-order valence-electron chi connectivity index (χ1n) is 11.7. The second-order valence-corrected chi connectivity index (χ2v) is 10.9. The van der Waals surface area contributed by atoms with Crippen molar-refractivity contribution in [3.05, 3.63) is 76.5 Å². The zero-order valence-corrected chi connectivity index (χ0v) is 21.8. The van der Waals surface area contributed by atoms with Gasteiger partial charge in [0.1, 0.15) is 11.6 Å². The summed E-state index contributed by atoms with van der Waals surface area (Å²) in [5.41, 5.74) is 4.37. The standard InChI is InChI=1S/C26H31ClN4O3S/c1-18-19(2)31(20(3)30-18)14-5-15-34-23-8-10-24(11-9-23)35(32,33)29-13-4-6-21-17-28-26-12-7-22(27)16-25(21)26/h7-12,16-17,28-29H,4-6,13-15H2,1-3H3. The Balaban J connectivity index is 1.23. The number of nitrogens with zero attached hydrogens (tertiary/aromatic N) is 2. The fourth-order valence-electron chi connectivity index (χ4n) is 4.21. The molecule has 0 fully saturated rings. The maximum atomic E-state index is 12.7. The van der Waals surface area contributed by atoms with Gasteiger partial charge in [0, 0.05) is 40.9 Å². The highest BCUT2D eigenvalue weighted by Crippen LogP contribution is 2.23. The van der Waals surface area contributed by atoms with Gasteiger partial charge in [-0.1, -0.05) is 11.6 Å². The minimum atomic E-state index is -3.58. The van der Waals surface area contributed by atoms with E-state index in [1.807, 2.05) is 38.2 Å². The third-order valence-electron chi connectivity index (χ3n) is 6.22. The largest absolute Gasteiger partial charge is 0.494 e. The molecular formula is C26H31ClN4O3S. The van der Waals surface area contributed by atoms with E-state index < -0.39 is 10.0 Å². The highest BCUT2D eigenvalue weighted by atomic mass is 35.5. The van der Waals surface area contributed by atoms with Crippen molar-refractivity contribution in [2.75, 3.05) is 13.2 Å². The Labute approximate surface area is 211 Å². The summed E-state index contributed by atoms with van der Waals surface area (Å²) < 4.78 is 36.0. The Hall–Kier alpha value is -2.81. The molecule has 0 saturated heterocycles. The van der Waals surface area contributed by atoms with Crippen LogP contribution in [0.4, 0.5) is 0 Å². The predicted octanol–water partition coefficient (Wildman–Crippen LogP) is 5.32. The van der Waals surface area contributed by atoms with E-state index in [0.717, 1.165) is 47.4 Å². The number of imidazole rings is 1. The smallest absolute Gasteiger partial charge is 0.240 e. The van der Waals surface area contributed by atoms with Gasteiger partial charge >= 0.3 is 0 Å². The average Bonchev–Trinajstić information content (AvgIpc) is 3.34. The molecule has 35 heavy (non-hydrogen) atoms. The molecule has 0 aliphatic heterocycles. The van der Waals surface area contributed by atoms with Crippen LogP contribution in [-0.2, 0) is 23.0 Å². The number of H-pyrrole nitrogens is 1. The van der Waals surface area contributed by atoms with E-state index in [4.69, 9.17) is 16.3 Å². The predicted molar refractivity (Wildman–Crippen MR) is 140 cm³/mol. The molecular weight excluding hydrogens is 484 g/mol. The van der Waals surface area contributed by atoms with Crippen LogP contribution in [-0.4, -0.2) is 36.1 Å². The molecule has 0 spiro atoms. The number of hydrogen-bond donors (Lipinski definition) is 2. The summed E-state index contributed by atoms with van der Waals surface area (Å²) in [4.78, 5) is 7.94. The number of rotatable bonds is 11. The van der Waals surface area contributed by atoms with Gasteiger partial charge in [0.25, 0.3) is 0 Å². The molecule has 2 heterocycles. The lowest BCUT2D eigenvalue weighted by molar-refractivity contribution is 0.300. The summed E-state index contributed by atoms with van der Waals surface area (Å²) in [5.74, 6) is 1.66. The first-order valence-corrected chi connectivity index (χ1v) is 13.6. The Bertz CT molecular complexity index is 1410. The fourth-order valence-corrected chi connectivity index (χ4v) is 5.45. The van der Waals surface area contributed by atoms with Gasteiger partial charge < -0.3 is 14.3 Å². The van der Waals surface area contributed by atoms with Gasteiger partial charge in [0.05, 0.1) is 17.2 Å². The molecule has 9 heteroatoms. The van der Waals surface area contributed by atoms with Crippen LogP contribution in [0.5, 0.6) is 5.75 Å². The number of nitrogens with one attached hydrogen (secondary N) is 2. The normalized spacial score (nSPS) is 11.9. The minimum Gasteiger partial charge on any atom is -0.494 e. The Morgan fingerprint density at radius 1 is 1.09 bits per heavy atom. The highest BCUT2D eigenvalue weighted by Gasteiger charge is 2.14. The molecule has 0 amide bonds. The summed E-state index contributed by atoms with van der Waals surface area (Å²) in [7, 11) is -3.58. The molecule has 4 rings (SSSR count). The van der Waals surface area contributed by atoms with Crippen molar-refractivity contribution in [3.8, 4) is 5.75 Å². The molecule has 0 aliphatic rings. The molecule has 0 bridgehead atoms. The SMILES string of the molecule is Cc1nc(C)n(CCCOc2ccc(S(=O)(=O)NCCCc3c[nH]c4ccc(Cl)cc34)cc2)c1C. The molecule has 186 valence electrons. The van der Waals surface area contributed by atoms with Crippen LogP contribution in [0.3, 0.4) is 0 Å². The Kier molecular flexibility index (Phi) is 7.84. The average molecular weight is 515 g/mol. The first kappa shape index (κ1) is 25.3. The maximum Gasteiger partial charge on any atom is 0.240 e. The Morgan fingerprint density at radius 2 is 1.86 bits per heavy atom. The van der Waals surface area contributed by atoms with Crippen molar-refractivity contribution in [3.63, 3.8) is 0 Å². The van der Waals surface area contributed by atoms with E-state index >= 15 is 0 Å². The van der Waals surface area contributed by atoms with Crippen LogP contribution in [0.25, 0.3) is 10.9 Å². The highest BCUT2D eigenvalue weighted by molar-refractivity contribution is 7.89. The summed E-state index contributed by atoms with van der Waals surface area (Å²) >= 11 is 6.10. The topological polar surface area (TPSA) is 89.0 Å². The van der Waals surface area contributed by atoms with Gasteiger partial charge in [-0.2, -0.15) is 0 Å². The number of aromatic amines is 1. The third kappa shape index (κ3) is 6.07. The van der Waals surface area contributed by atoms with E-state index in [9.17, 15) is 8.42 Å². The van der Waals surface area contributed by atoms with Crippen LogP contribution in [0.15, 0.2) is 53.6 Å². The zero-order chi connectivity index (χ0) is 25.0. The molecule has 0 saturated carbocycles. The summed E-state index contributed by atoms with van der Waals surface area (Å²) in [6, 6.07) is 12.3. The number of sulfonamides is 1. The van der Waals surface area contributed by atoms with Gasteiger partial charge in [-0.3, -0.25) is 0 Å². The van der Waals surface area contributed by atoms with Gasteiger partial charge in [-0.25, -0.2) is 18.1 Å². The van der Waals surface area contributed by atoms with Crippen LogP contribution in [0, 0.1) is 20.8 Å². The number of halogens is 1. The van der Waals surface area contributed by atoms with Gasteiger partial charge in [-0.15, -0.1) is 0 Å². The molecule has 4 aromatic rings. The maximum absolute atomic E-state index is 12.7. The molecule has 7 nitrogen and oxygen atoms in total. The number of aromatic nitrogens is 3. The quantitative estimate of drug-likeness (QED) is 0.265. The minimum absolute atomic E-state index is 0.226. The number of aryl methyl sites for hydroxylation is 3. The lowest BCUT2D eigenvalue weighted by atomic mass is 10.1. The number of benzene rings is 2. The van der Waals surface area contributed by atoms with Crippen molar-refractivity contribution >= 4 is 32.5 Å². The van der Waals surface area contributed by atoms with E-state index in [1.165, 1.54) is 5.69 Å². The molecule has 0 aliphatic carbocycles. The molecule has 2 N–H and O–H groups in total. The van der Waals surface area contributed by atoms with E-state index in [2.05, 4.69) is 26.2 Å².